The van der Waals surface area contributed by atoms with Crippen LogP contribution in [0.2, 0.25) is 33.2 Å². The zero-order valence-corrected chi connectivity index (χ0v) is 32.1. The van der Waals surface area contributed by atoms with Crippen LogP contribution in [0, 0.1) is 55.8 Å². The quantitative estimate of drug-likeness (QED) is 0.0958. The third kappa shape index (κ3) is 7.55. The summed E-state index contributed by atoms with van der Waals surface area (Å²) in [7, 11) is -3.69. The van der Waals surface area contributed by atoms with Crippen LogP contribution in [-0.4, -0.2) is 21.0 Å². The van der Waals surface area contributed by atoms with Gasteiger partial charge in [0.1, 0.15) is 21.8 Å². The Morgan fingerprint density at radius 3 is 1.09 bits per heavy atom. The summed E-state index contributed by atoms with van der Waals surface area (Å²) in [5, 5.41) is 17.8. The van der Waals surface area contributed by atoms with Gasteiger partial charge in [0, 0.05) is 28.4 Å². The Morgan fingerprint density at radius 2 is 0.814 bits per heavy atom. The molecular formula is C38H58N2OSi2. The summed E-state index contributed by atoms with van der Waals surface area (Å²) in [6.45, 7) is 36.3. The molecule has 0 saturated carbocycles. The van der Waals surface area contributed by atoms with Gasteiger partial charge >= 0.3 is 0 Å². The minimum absolute atomic E-state index is 0.529. The molecule has 0 saturated heterocycles. The summed E-state index contributed by atoms with van der Waals surface area (Å²) in [5.74, 6) is 7.21. The van der Waals surface area contributed by atoms with Crippen molar-refractivity contribution in [2.24, 2.45) is 5.11 Å². The van der Waals surface area contributed by atoms with E-state index < -0.39 is 16.1 Å². The van der Waals surface area contributed by atoms with Gasteiger partial charge in [0.15, 0.2) is 0 Å². The van der Waals surface area contributed by atoms with Gasteiger partial charge in [0.2, 0.25) is 5.69 Å². The average Bonchev–Trinajstić information content (AvgIpc) is 2.85. The second-order valence-corrected chi connectivity index (χ2v) is 25.7. The topological polar surface area (TPSA) is 38.4 Å². The maximum atomic E-state index is 13.3. The maximum Gasteiger partial charge on any atom is 0.245 e. The Morgan fingerprint density at radius 1 is 0.535 bits per heavy atom. The molecule has 2 aromatic carbocycles. The van der Waals surface area contributed by atoms with Crippen molar-refractivity contribution in [3.63, 3.8) is 0 Å². The van der Waals surface area contributed by atoms with Gasteiger partial charge in [-0.3, -0.25) is 0 Å². The van der Waals surface area contributed by atoms with Crippen LogP contribution in [0.3, 0.4) is 0 Å². The molecule has 0 heterocycles. The second-order valence-electron chi connectivity index (χ2n) is 14.6. The van der Waals surface area contributed by atoms with Crippen LogP contribution in [0.4, 0.5) is 11.4 Å². The molecular weight excluding hydrogens is 557 g/mol. The predicted octanol–water partition coefficient (Wildman–Crippen LogP) is 12.0. The molecule has 0 bridgehead atoms. The molecule has 0 fully saturated rings. The largest absolute Gasteiger partial charge is 0.594 e. The van der Waals surface area contributed by atoms with Crippen LogP contribution >= 0.6 is 0 Å². The Bertz CT molecular complexity index is 1370. The van der Waals surface area contributed by atoms with Crippen LogP contribution in [0.15, 0.2) is 29.4 Å². The number of hydrogen-bond acceptors (Lipinski definition) is 2. The molecule has 0 spiro atoms. The average molecular weight is 615 g/mol. The molecule has 0 aliphatic heterocycles. The fourth-order valence-corrected chi connectivity index (χ4v) is 18.2. The lowest BCUT2D eigenvalue weighted by Crippen LogP contribution is -2.43. The molecule has 0 radical (unpaired) electrons. The minimum atomic E-state index is -1.85. The standard InChI is InChI=1S/C38H58N2OSi2/c1-25(2)42(26(3)4,27(5)6)19-17-37-31(13)21-35(22-32(37)14)39-40(41)36-23-33(15)38(34(16)24-36)18-20-43(28(7)8,29(9)10)30(11)12/h21-30H,1-16H3. The van der Waals surface area contributed by atoms with E-state index in [0.29, 0.717) is 44.6 Å². The van der Waals surface area contributed by atoms with Gasteiger partial charge in [-0.1, -0.05) is 99.8 Å². The zero-order chi connectivity index (χ0) is 33.0. The lowest BCUT2D eigenvalue weighted by molar-refractivity contribution is -0.435. The van der Waals surface area contributed by atoms with E-state index in [1.54, 1.807) is 0 Å². The van der Waals surface area contributed by atoms with Crippen molar-refractivity contribution in [1.29, 1.82) is 0 Å². The first kappa shape index (κ1) is 36.6. The van der Waals surface area contributed by atoms with Crippen LogP contribution in [0.25, 0.3) is 0 Å². The monoisotopic (exact) mass is 614 g/mol. The molecule has 3 nitrogen and oxygen atoms in total. The Labute approximate surface area is 266 Å². The molecule has 0 atom stereocenters. The summed E-state index contributed by atoms with van der Waals surface area (Å²) >= 11 is 0. The molecule has 2 aromatic rings. The highest BCUT2D eigenvalue weighted by Crippen LogP contribution is 2.42. The van der Waals surface area contributed by atoms with Crippen LogP contribution in [0.1, 0.15) is 116 Å². The van der Waals surface area contributed by atoms with E-state index in [1.165, 1.54) is 0 Å². The van der Waals surface area contributed by atoms with Gasteiger partial charge < -0.3 is 5.21 Å². The Hall–Kier alpha value is -2.61. The molecule has 5 heteroatoms. The molecule has 0 unspecified atom stereocenters. The van der Waals surface area contributed by atoms with Gasteiger partial charge in [-0.15, -0.1) is 11.1 Å². The first-order valence-corrected chi connectivity index (χ1v) is 20.8. The van der Waals surface area contributed by atoms with Gasteiger partial charge in [-0.25, -0.2) is 0 Å². The third-order valence-electron chi connectivity index (χ3n) is 10.0. The van der Waals surface area contributed by atoms with Gasteiger partial charge in [-0.05, 0) is 95.3 Å². The lowest BCUT2D eigenvalue weighted by Gasteiger charge is -2.38. The predicted molar refractivity (Wildman–Crippen MR) is 193 cm³/mol. The summed E-state index contributed by atoms with van der Waals surface area (Å²) in [6.07, 6.45) is 0. The van der Waals surface area contributed by atoms with Gasteiger partial charge in [0.25, 0.3) is 0 Å². The van der Waals surface area contributed by atoms with Crippen molar-refractivity contribution in [2.45, 2.75) is 144 Å². The molecule has 0 N–H and O–H groups in total. The van der Waals surface area contributed by atoms with Crippen molar-refractivity contribution in [2.75, 3.05) is 0 Å². The van der Waals surface area contributed by atoms with Crippen molar-refractivity contribution in [1.82, 2.24) is 0 Å². The smallest absolute Gasteiger partial charge is 0.245 e. The summed E-state index contributed by atoms with van der Waals surface area (Å²) in [5.41, 5.74) is 18.6. The van der Waals surface area contributed by atoms with Gasteiger partial charge in [0.05, 0.1) is 0 Å². The number of azo groups is 1. The van der Waals surface area contributed by atoms with Gasteiger partial charge in [-0.2, -0.15) is 0 Å². The molecule has 234 valence electrons. The molecule has 43 heavy (non-hydrogen) atoms. The summed E-state index contributed by atoms with van der Waals surface area (Å²) < 4.78 is 0. The first-order valence-electron chi connectivity index (χ1n) is 16.3. The molecule has 0 aromatic heterocycles. The molecule has 0 aliphatic rings. The molecule has 2 rings (SSSR count). The highest BCUT2D eigenvalue weighted by atomic mass is 28.3. The van der Waals surface area contributed by atoms with E-state index in [4.69, 9.17) is 0 Å². The third-order valence-corrected chi connectivity index (χ3v) is 22.6. The van der Waals surface area contributed by atoms with Crippen molar-refractivity contribution in [3.05, 3.63) is 62.9 Å². The minimum Gasteiger partial charge on any atom is -0.594 e. The number of hydrogen-bond donors (Lipinski definition) is 0. The SMILES string of the molecule is Cc1cc(N=[N+]([O-])c2cc(C)c(C#C[Si](C(C)C)(C(C)C)C(C)C)c(C)c2)cc(C)c1C#C[Si](C(C)C)(C(C)C)C(C)C. The Balaban J connectivity index is 2.53. The van der Waals surface area contributed by atoms with E-state index >= 15 is 0 Å². The first-order chi connectivity index (χ1) is 19.8. The van der Waals surface area contributed by atoms with Crippen molar-refractivity contribution in [3.8, 4) is 22.9 Å². The highest BCUT2D eigenvalue weighted by molar-refractivity contribution is 6.91. The highest BCUT2D eigenvalue weighted by Gasteiger charge is 2.42. The van der Waals surface area contributed by atoms with Crippen molar-refractivity contribution >= 4 is 27.5 Å². The zero-order valence-electron chi connectivity index (χ0n) is 30.1. The second kappa shape index (κ2) is 14.4. The number of rotatable bonds is 8. The van der Waals surface area contributed by atoms with Crippen molar-refractivity contribution < 1.29 is 4.86 Å². The molecule has 0 amide bonds. The van der Waals surface area contributed by atoms with Crippen LogP contribution in [0.5, 0.6) is 0 Å². The number of benzene rings is 2. The normalized spacial score (nSPS) is 12.8. The Kier molecular flexibility index (Phi) is 12.3. The number of aryl methyl sites for hydroxylation is 4. The van der Waals surface area contributed by atoms with E-state index in [9.17, 15) is 5.21 Å². The van der Waals surface area contributed by atoms with E-state index in [-0.39, 0.29) is 0 Å². The summed E-state index contributed by atoms with van der Waals surface area (Å²) in [6, 6.07) is 7.81. The molecule has 0 aliphatic carbocycles. The van der Waals surface area contributed by atoms with E-state index in [0.717, 1.165) is 38.2 Å². The van der Waals surface area contributed by atoms with Crippen LogP contribution in [-0.2, 0) is 0 Å². The lowest BCUT2D eigenvalue weighted by atomic mass is 10.0. The fourth-order valence-electron chi connectivity index (χ4n) is 7.81. The fraction of sp³-hybridized carbons (Fsp3) is 0.579. The van der Waals surface area contributed by atoms with Crippen LogP contribution < -0.4 is 0 Å². The van der Waals surface area contributed by atoms with E-state index in [2.05, 4.69) is 125 Å². The van der Waals surface area contributed by atoms with E-state index in [1.807, 2.05) is 38.1 Å². The number of nitrogens with zero attached hydrogens (tertiary/aromatic N) is 2. The summed E-state index contributed by atoms with van der Waals surface area (Å²) in [4.78, 5) is 0.750. The maximum absolute atomic E-state index is 13.3.